The molecule has 1 heterocycles. The van der Waals surface area contributed by atoms with Gasteiger partial charge < -0.3 is 5.11 Å². The summed E-state index contributed by atoms with van der Waals surface area (Å²) in [5.41, 5.74) is 3.09. The van der Waals surface area contributed by atoms with Crippen LogP contribution >= 0.6 is 0 Å². The highest BCUT2D eigenvalue weighted by atomic mass is 16.3. The fourth-order valence-corrected chi connectivity index (χ4v) is 2.17. The minimum absolute atomic E-state index is 0.594. The highest BCUT2D eigenvalue weighted by Gasteiger charge is 2.14. The molecule has 2 aromatic rings. The van der Waals surface area contributed by atoms with E-state index in [1.54, 1.807) is 6.20 Å². The van der Waals surface area contributed by atoms with Crippen molar-refractivity contribution in [3.8, 4) is 0 Å². The third kappa shape index (κ3) is 2.62. The van der Waals surface area contributed by atoms with Crippen LogP contribution in [0.4, 0.5) is 0 Å². The van der Waals surface area contributed by atoms with Gasteiger partial charge in [-0.1, -0.05) is 37.6 Å². The van der Waals surface area contributed by atoms with Crippen molar-refractivity contribution < 1.29 is 5.11 Å². The summed E-state index contributed by atoms with van der Waals surface area (Å²) >= 11 is 0. The Hall–Kier alpha value is -1.61. The maximum absolute atomic E-state index is 10.4. The van der Waals surface area contributed by atoms with Crippen molar-refractivity contribution in [3.05, 3.63) is 53.3 Å². The van der Waals surface area contributed by atoms with Gasteiger partial charge >= 0.3 is 0 Å². The highest BCUT2D eigenvalue weighted by molar-refractivity contribution is 5.29. The Morgan fingerprint density at radius 2 is 1.89 bits per heavy atom. The van der Waals surface area contributed by atoms with Crippen molar-refractivity contribution in [2.75, 3.05) is 0 Å². The fraction of sp³-hybridized carbons (Fsp3) is 0.400. The van der Waals surface area contributed by atoms with E-state index in [1.165, 1.54) is 5.56 Å². The zero-order valence-electron chi connectivity index (χ0n) is 11.0. The van der Waals surface area contributed by atoms with Gasteiger partial charge in [-0.3, -0.25) is 4.68 Å². The first kappa shape index (κ1) is 12.8. The van der Waals surface area contributed by atoms with Crippen molar-refractivity contribution in [3.63, 3.8) is 0 Å². The zero-order valence-corrected chi connectivity index (χ0v) is 11.0. The molecule has 1 aromatic heterocycles. The smallest absolute Gasteiger partial charge is 0.121 e. The number of hydrogen-bond donors (Lipinski definition) is 1. The molecule has 96 valence electrons. The molecule has 0 bridgehead atoms. The van der Waals surface area contributed by atoms with Gasteiger partial charge in [-0.15, -0.1) is 0 Å². The third-order valence-electron chi connectivity index (χ3n) is 3.16. The first-order valence-electron chi connectivity index (χ1n) is 6.54. The lowest BCUT2D eigenvalue weighted by Crippen LogP contribution is -2.09. The van der Waals surface area contributed by atoms with Crippen LogP contribution in [0, 0.1) is 0 Å². The molecule has 0 aliphatic heterocycles. The molecular weight excluding hydrogens is 224 g/mol. The monoisotopic (exact) mass is 244 g/mol. The van der Waals surface area contributed by atoms with Crippen molar-refractivity contribution in [2.45, 2.75) is 39.3 Å². The SMILES string of the molecule is CCCc1ccc(C(O)c2ccnn2CC)cc1. The molecule has 0 fully saturated rings. The Kier molecular flexibility index (Phi) is 4.15. The van der Waals surface area contributed by atoms with Gasteiger partial charge in [0.25, 0.3) is 0 Å². The van der Waals surface area contributed by atoms with Gasteiger partial charge in [-0.05, 0) is 30.5 Å². The predicted octanol–water partition coefficient (Wildman–Crippen LogP) is 2.94. The van der Waals surface area contributed by atoms with E-state index >= 15 is 0 Å². The third-order valence-corrected chi connectivity index (χ3v) is 3.16. The summed E-state index contributed by atoms with van der Waals surface area (Å²) in [6.45, 7) is 4.96. The van der Waals surface area contributed by atoms with Gasteiger partial charge in [0.1, 0.15) is 6.10 Å². The summed E-state index contributed by atoms with van der Waals surface area (Å²) in [6, 6.07) is 10.1. The molecule has 1 unspecified atom stereocenters. The largest absolute Gasteiger partial charge is 0.382 e. The second-order valence-electron chi connectivity index (χ2n) is 4.47. The number of rotatable bonds is 5. The van der Waals surface area contributed by atoms with E-state index < -0.39 is 6.10 Å². The van der Waals surface area contributed by atoms with Crippen LogP contribution in [0.3, 0.4) is 0 Å². The number of aromatic nitrogens is 2. The zero-order chi connectivity index (χ0) is 13.0. The molecule has 3 nitrogen and oxygen atoms in total. The van der Waals surface area contributed by atoms with Crippen LogP contribution in [0.25, 0.3) is 0 Å². The molecular formula is C15H20N2O. The predicted molar refractivity (Wildman–Crippen MR) is 72.4 cm³/mol. The van der Waals surface area contributed by atoms with Crippen LogP contribution in [0.1, 0.15) is 43.2 Å². The average Bonchev–Trinajstić information content (AvgIpc) is 2.87. The van der Waals surface area contributed by atoms with E-state index in [-0.39, 0.29) is 0 Å². The lowest BCUT2D eigenvalue weighted by atomic mass is 10.0. The van der Waals surface area contributed by atoms with E-state index in [9.17, 15) is 5.11 Å². The lowest BCUT2D eigenvalue weighted by Gasteiger charge is -2.13. The molecule has 0 saturated heterocycles. The number of aliphatic hydroxyl groups excluding tert-OH is 1. The summed E-state index contributed by atoms with van der Waals surface area (Å²) in [7, 11) is 0. The maximum atomic E-state index is 10.4. The first-order valence-corrected chi connectivity index (χ1v) is 6.54. The number of nitrogens with zero attached hydrogens (tertiary/aromatic N) is 2. The second-order valence-corrected chi connectivity index (χ2v) is 4.47. The summed E-state index contributed by atoms with van der Waals surface area (Å²) in [6.07, 6.45) is 3.37. The highest BCUT2D eigenvalue weighted by Crippen LogP contribution is 2.22. The topological polar surface area (TPSA) is 38.1 Å². The molecule has 18 heavy (non-hydrogen) atoms. The molecule has 0 saturated carbocycles. The van der Waals surface area contributed by atoms with E-state index in [2.05, 4.69) is 24.2 Å². The maximum Gasteiger partial charge on any atom is 0.121 e. The Labute approximate surface area is 108 Å². The van der Waals surface area contributed by atoms with Gasteiger partial charge in [-0.25, -0.2) is 0 Å². The fourth-order valence-electron chi connectivity index (χ4n) is 2.17. The Morgan fingerprint density at radius 3 is 2.50 bits per heavy atom. The molecule has 1 N–H and O–H groups in total. The molecule has 0 aliphatic carbocycles. The van der Waals surface area contributed by atoms with Gasteiger partial charge in [0.05, 0.1) is 5.69 Å². The number of benzene rings is 1. The Morgan fingerprint density at radius 1 is 1.17 bits per heavy atom. The van der Waals surface area contributed by atoms with Gasteiger partial charge in [-0.2, -0.15) is 5.10 Å². The number of aryl methyl sites for hydroxylation is 2. The van der Waals surface area contributed by atoms with Crippen molar-refractivity contribution in [1.82, 2.24) is 9.78 Å². The van der Waals surface area contributed by atoms with Crippen LogP contribution in [0.2, 0.25) is 0 Å². The molecule has 0 aliphatic rings. The average molecular weight is 244 g/mol. The lowest BCUT2D eigenvalue weighted by molar-refractivity contribution is 0.208. The van der Waals surface area contributed by atoms with E-state index in [0.717, 1.165) is 30.6 Å². The normalized spacial score (nSPS) is 12.6. The quantitative estimate of drug-likeness (QED) is 0.878. The summed E-state index contributed by atoms with van der Waals surface area (Å²) in [5, 5.41) is 14.5. The minimum atomic E-state index is -0.594. The van der Waals surface area contributed by atoms with Gasteiger partial charge in [0, 0.05) is 12.7 Å². The van der Waals surface area contributed by atoms with Crippen molar-refractivity contribution >= 4 is 0 Å². The molecule has 0 amide bonds. The van der Waals surface area contributed by atoms with Crippen molar-refractivity contribution in [2.24, 2.45) is 0 Å². The number of aliphatic hydroxyl groups is 1. The molecule has 1 aromatic carbocycles. The van der Waals surface area contributed by atoms with Crippen LogP contribution in [0.15, 0.2) is 36.5 Å². The summed E-state index contributed by atoms with van der Waals surface area (Å²) in [5.74, 6) is 0. The van der Waals surface area contributed by atoms with Crippen molar-refractivity contribution in [1.29, 1.82) is 0 Å². The molecule has 0 spiro atoms. The van der Waals surface area contributed by atoms with Crippen LogP contribution in [0.5, 0.6) is 0 Å². The number of hydrogen-bond acceptors (Lipinski definition) is 2. The molecule has 1 atom stereocenters. The van der Waals surface area contributed by atoms with Gasteiger partial charge in [0.15, 0.2) is 0 Å². The van der Waals surface area contributed by atoms with Crippen LogP contribution < -0.4 is 0 Å². The van der Waals surface area contributed by atoms with E-state index in [0.29, 0.717) is 0 Å². The van der Waals surface area contributed by atoms with Crippen LogP contribution in [-0.4, -0.2) is 14.9 Å². The van der Waals surface area contributed by atoms with Gasteiger partial charge in [0.2, 0.25) is 0 Å². The Balaban J connectivity index is 2.20. The summed E-state index contributed by atoms with van der Waals surface area (Å²) < 4.78 is 1.82. The summed E-state index contributed by atoms with van der Waals surface area (Å²) in [4.78, 5) is 0. The van der Waals surface area contributed by atoms with E-state index in [1.807, 2.05) is 29.8 Å². The second kappa shape index (κ2) is 5.83. The molecule has 3 heteroatoms. The first-order chi connectivity index (χ1) is 8.76. The molecule has 2 rings (SSSR count). The Bertz CT molecular complexity index is 487. The minimum Gasteiger partial charge on any atom is -0.382 e. The standard InChI is InChI=1S/C15H20N2O/c1-3-5-12-6-8-13(9-7-12)15(18)14-10-11-16-17(14)4-2/h6-11,15,18H,3-5H2,1-2H3. The van der Waals surface area contributed by atoms with E-state index in [4.69, 9.17) is 0 Å². The molecule has 0 radical (unpaired) electrons. The van der Waals surface area contributed by atoms with Crippen LogP contribution in [-0.2, 0) is 13.0 Å².